The number of benzene rings is 1. The number of aromatic nitrogens is 1. The van der Waals surface area contributed by atoms with Crippen molar-refractivity contribution in [1.29, 1.82) is 0 Å². The van der Waals surface area contributed by atoms with Crippen LogP contribution in [0.15, 0.2) is 34.9 Å². The third-order valence-corrected chi connectivity index (χ3v) is 3.54. The van der Waals surface area contributed by atoms with Gasteiger partial charge in [-0.2, -0.15) is 0 Å². The molecule has 0 bridgehead atoms. The summed E-state index contributed by atoms with van der Waals surface area (Å²) in [7, 11) is 0. The Kier molecular flexibility index (Phi) is 2.83. The first-order chi connectivity index (χ1) is 8.72. The number of fused-ring (bicyclic) bond motifs is 1. The van der Waals surface area contributed by atoms with Crippen molar-refractivity contribution in [3.8, 4) is 11.5 Å². The lowest BCUT2D eigenvalue weighted by Crippen LogP contribution is -1.94. The first-order valence-electron chi connectivity index (χ1n) is 5.51. The summed E-state index contributed by atoms with van der Waals surface area (Å²) in [5.74, 6) is 2.32. The van der Waals surface area contributed by atoms with Crippen molar-refractivity contribution in [3.05, 3.63) is 40.5 Å². The molecule has 92 valence electrons. The Hall–Kier alpha value is -1.75. The standard InChI is InChI=1S/C13H11BrN2O2/c1-8-6-15-13(5-10(8)14)16-9-2-3-11-12(4-9)18-7-17-11/h2-6H,7H2,1H3,(H,15,16). The Labute approximate surface area is 113 Å². The van der Waals surface area contributed by atoms with Crippen molar-refractivity contribution in [2.45, 2.75) is 6.92 Å². The SMILES string of the molecule is Cc1cnc(Nc2ccc3c(c2)OCO3)cc1Br. The number of anilines is 2. The van der Waals surface area contributed by atoms with Crippen molar-refractivity contribution in [2.75, 3.05) is 12.1 Å². The van der Waals surface area contributed by atoms with Crippen molar-refractivity contribution in [1.82, 2.24) is 4.98 Å². The first-order valence-corrected chi connectivity index (χ1v) is 6.30. The Bertz CT molecular complexity index is 602. The number of nitrogens with one attached hydrogen (secondary N) is 1. The first kappa shape index (κ1) is 11.3. The van der Waals surface area contributed by atoms with Crippen LogP contribution in [-0.2, 0) is 0 Å². The summed E-state index contributed by atoms with van der Waals surface area (Å²) in [4.78, 5) is 4.31. The summed E-state index contributed by atoms with van der Waals surface area (Å²) < 4.78 is 11.6. The fourth-order valence-corrected chi connectivity index (χ4v) is 2.01. The number of rotatable bonds is 2. The number of nitrogens with zero attached hydrogens (tertiary/aromatic N) is 1. The van der Waals surface area contributed by atoms with E-state index >= 15 is 0 Å². The van der Waals surface area contributed by atoms with Gasteiger partial charge in [0.05, 0.1) is 0 Å². The average Bonchev–Trinajstić information content (AvgIpc) is 2.81. The molecular formula is C13H11BrN2O2. The minimum atomic E-state index is 0.285. The maximum atomic E-state index is 5.33. The molecule has 0 spiro atoms. The predicted molar refractivity (Wildman–Crippen MR) is 72.5 cm³/mol. The predicted octanol–water partition coefficient (Wildman–Crippen LogP) is 3.62. The molecule has 1 aliphatic rings. The van der Waals surface area contributed by atoms with Crippen LogP contribution in [0.5, 0.6) is 11.5 Å². The highest BCUT2D eigenvalue weighted by Crippen LogP contribution is 2.35. The van der Waals surface area contributed by atoms with E-state index in [1.54, 1.807) is 0 Å². The van der Waals surface area contributed by atoms with Crippen LogP contribution in [0.4, 0.5) is 11.5 Å². The monoisotopic (exact) mass is 306 g/mol. The van der Waals surface area contributed by atoms with E-state index in [0.29, 0.717) is 0 Å². The molecule has 1 aliphatic heterocycles. The molecule has 2 aromatic rings. The number of halogens is 1. The van der Waals surface area contributed by atoms with Gasteiger partial charge in [-0.1, -0.05) is 15.9 Å². The lowest BCUT2D eigenvalue weighted by atomic mass is 10.2. The second-order valence-corrected chi connectivity index (χ2v) is 4.87. The van der Waals surface area contributed by atoms with Gasteiger partial charge >= 0.3 is 0 Å². The summed E-state index contributed by atoms with van der Waals surface area (Å²) >= 11 is 3.48. The van der Waals surface area contributed by atoms with Gasteiger partial charge in [0.25, 0.3) is 0 Å². The van der Waals surface area contributed by atoms with Crippen LogP contribution >= 0.6 is 15.9 Å². The zero-order valence-corrected chi connectivity index (χ0v) is 11.3. The fourth-order valence-electron chi connectivity index (χ4n) is 1.69. The lowest BCUT2D eigenvalue weighted by Gasteiger charge is -2.07. The minimum Gasteiger partial charge on any atom is -0.454 e. The molecule has 5 heteroatoms. The Morgan fingerprint density at radius 1 is 1.22 bits per heavy atom. The van der Waals surface area contributed by atoms with Gasteiger partial charge in [0.15, 0.2) is 11.5 Å². The van der Waals surface area contributed by atoms with Gasteiger partial charge in [-0.05, 0) is 30.7 Å². The van der Waals surface area contributed by atoms with E-state index < -0.39 is 0 Å². The summed E-state index contributed by atoms with van der Waals surface area (Å²) in [6.07, 6.45) is 1.82. The molecule has 0 radical (unpaired) electrons. The second kappa shape index (κ2) is 4.49. The highest BCUT2D eigenvalue weighted by molar-refractivity contribution is 9.10. The average molecular weight is 307 g/mol. The zero-order valence-electron chi connectivity index (χ0n) is 9.74. The van der Waals surface area contributed by atoms with Gasteiger partial charge in [-0.15, -0.1) is 0 Å². The molecule has 0 amide bonds. The summed E-state index contributed by atoms with van der Waals surface area (Å²) in [6.45, 7) is 2.29. The number of aryl methyl sites for hydroxylation is 1. The highest BCUT2D eigenvalue weighted by atomic mass is 79.9. The highest BCUT2D eigenvalue weighted by Gasteiger charge is 2.13. The van der Waals surface area contributed by atoms with Gasteiger partial charge in [-0.3, -0.25) is 0 Å². The summed E-state index contributed by atoms with van der Waals surface area (Å²) in [5.41, 5.74) is 2.02. The minimum absolute atomic E-state index is 0.285. The topological polar surface area (TPSA) is 43.4 Å². The van der Waals surface area contributed by atoms with E-state index in [1.807, 2.05) is 37.4 Å². The smallest absolute Gasteiger partial charge is 0.231 e. The van der Waals surface area contributed by atoms with Crippen molar-refractivity contribution < 1.29 is 9.47 Å². The second-order valence-electron chi connectivity index (χ2n) is 4.01. The van der Waals surface area contributed by atoms with Crippen molar-refractivity contribution in [2.24, 2.45) is 0 Å². The molecule has 1 aromatic heterocycles. The quantitative estimate of drug-likeness (QED) is 0.920. The molecule has 0 fully saturated rings. The van der Waals surface area contributed by atoms with Crippen LogP contribution in [0.25, 0.3) is 0 Å². The number of ether oxygens (including phenoxy) is 2. The normalized spacial score (nSPS) is 12.6. The molecule has 1 aromatic carbocycles. The van der Waals surface area contributed by atoms with Crippen LogP contribution in [0, 0.1) is 6.92 Å². The van der Waals surface area contributed by atoms with E-state index in [4.69, 9.17) is 9.47 Å². The van der Waals surface area contributed by atoms with Crippen molar-refractivity contribution in [3.63, 3.8) is 0 Å². The lowest BCUT2D eigenvalue weighted by molar-refractivity contribution is 0.174. The molecule has 0 saturated heterocycles. The van der Waals surface area contributed by atoms with Crippen LogP contribution in [-0.4, -0.2) is 11.8 Å². The summed E-state index contributed by atoms with van der Waals surface area (Å²) in [6, 6.07) is 7.66. The Morgan fingerprint density at radius 3 is 2.89 bits per heavy atom. The number of hydrogen-bond acceptors (Lipinski definition) is 4. The molecule has 2 heterocycles. The molecule has 4 nitrogen and oxygen atoms in total. The number of hydrogen-bond donors (Lipinski definition) is 1. The fraction of sp³-hybridized carbons (Fsp3) is 0.154. The van der Waals surface area contributed by atoms with Gasteiger partial charge in [-0.25, -0.2) is 4.98 Å². The molecule has 0 saturated carbocycles. The molecule has 0 atom stereocenters. The van der Waals surface area contributed by atoms with Crippen LogP contribution in [0.3, 0.4) is 0 Å². The third kappa shape index (κ3) is 2.13. The van der Waals surface area contributed by atoms with Gasteiger partial charge in [0, 0.05) is 22.4 Å². The van der Waals surface area contributed by atoms with Crippen LogP contribution in [0.1, 0.15) is 5.56 Å². The zero-order chi connectivity index (χ0) is 12.5. The largest absolute Gasteiger partial charge is 0.454 e. The molecule has 3 rings (SSSR count). The third-order valence-electron chi connectivity index (χ3n) is 2.68. The Morgan fingerprint density at radius 2 is 2.06 bits per heavy atom. The molecule has 0 aliphatic carbocycles. The van der Waals surface area contributed by atoms with Crippen LogP contribution in [0.2, 0.25) is 0 Å². The number of pyridine rings is 1. The van der Waals surface area contributed by atoms with Crippen molar-refractivity contribution >= 4 is 27.4 Å². The van der Waals surface area contributed by atoms with E-state index in [1.165, 1.54) is 0 Å². The van der Waals surface area contributed by atoms with E-state index in [9.17, 15) is 0 Å². The van der Waals surface area contributed by atoms with Gasteiger partial charge in [0.1, 0.15) is 5.82 Å². The van der Waals surface area contributed by atoms with Gasteiger partial charge in [0.2, 0.25) is 6.79 Å². The van der Waals surface area contributed by atoms with E-state index in [2.05, 4.69) is 26.2 Å². The molecule has 1 N–H and O–H groups in total. The van der Waals surface area contributed by atoms with Gasteiger partial charge < -0.3 is 14.8 Å². The van der Waals surface area contributed by atoms with E-state index in [0.717, 1.165) is 33.0 Å². The molecule has 18 heavy (non-hydrogen) atoms. The molecular weight excluding hydrogens is 296 g/mol. The Balaban J connectivity index is 1.85. The van der Waals surface area contributed by atoms with E-state index in [-0.39, 0.29) is 6.79 Å². The van der Waals surface area contributed by atoms with Crippen LogP contribution < -0.4 is 14.8 Å². The molecule has 0 unspecified atom stereocenters. The maximum Gasteiger partial charge on any atom is 0.231 e. The maximum absolute atomic E-state index is 5.33. The summed E-state index contributed by atoms with van der Waals surface area (Å²) in [5, 5.41) is 3.22.